The van der Waals surface area contributed by atoms with E-state index < -0.39 is 10.0 Å². The molecule has 0 amide bonds. The summed E-state index contributed by atoms with van der Waals surface area (Å²) < 4.78 is 26.3. The molecule has 1 rings (SSSR count). The van der Waals surface area contributed by atoms with Crippen LogP contribution in [0.2, 0.25) is 0 Å². The Bertz CT molecular complexity index is 455. The maximum absolute atomic E-state index is 11.8. The molecule has 2 N–H and O–H groups in total. The molecular formula is C14H24N2O2S. The van der Waals surface area contributed by atoms with E-state index in [4.69, 9.17) is 0 Å². The standard InChI is InChI=1S/C14H24N2O2S/c1-3-6-13-7-9-14(10-8-13)16-19(17,18)12-5-4-11-15-2/h7-10,15-16H,3-6,11-12H2,1-2H3. The zero-order valence-electron chi connectivity index (χ0n) is 11.8. The Balaban J connectivity index is 2.48. The summed E-state index contributed by atoms with van der Waals surface area (Å²) in [5, 5.41) is 3.01. The lowest BCUT2D eigenvalue weighted by Gasteiger charge is -2.08. The topological polar surface area (TPSA) is 58.2 Å². The van der Waals surface area contributed by atoms with Crippen molar-refractivity contribution in [3.05, 3.63) is 29.8 Å². The minimum Gasteiger partial charge on any atom is -0.320 e. The lowest BCUT2D eigenvalue weighted by atomic mass is 10.1. The van der Waals surface area contributed by atoms with Crippen molar-refractivity contribution < 1.29 is 8.42 Å². The monoisotopic (exact) mass is 284 g/mol. The third kappa shape index (κ3) is 6.59. The first-order chi connectivity index (χ1) is 9.07. The number of anilines is 1. The molecule has 4 nitrogen and oxygen atoms in total. The van der Waals surface area contributed by atoms with E-state index in [1.165, 1.54) is 5.56 Å². The van der Waals surface area contributed by atoms with Crippen LogP contribution < -0.4 is 10.0 Å². The average Bonchev–Trinajstić information content (AvgIpc) is 2.37. The average molecular weight is 284 g/mol. The van der Waals surface area contributed by atoms with Gasteiger partial charge in [0.05, 0.1) is 5.75 Å². The van der Waals surface area contributed by atoms with Crippen LogP contribution in [0.1, 0.15) is 31.7 Å². The van der Waals surface area contributed by atoms with Gasteiger partial charge in [0.15, 0.2) is 0 Å². The Hall–Kier alpha value is -1.07. The summed E-state index contributed by atoms with van der Waals surface area (Å²) >= 11 is 0. The number of aryl methyl sites for hydroxylation is 1. The van der Waals surface area contributed by atoms with Crippen LogP contribution >= 0.6 is 0 Å². The molecule has 0 atom stereocenters. The van der Waals surface area contributed by atoms with Crippen molar-refractivity contribution in [2.45, 2.75) is 32.6 Å². The van der Waals surface area contributed by atoms with Crippen LogP contribution in [-0.4, -0.2) is 27.8 Å². The van der Waals surface area contributed by atoms with Gasteiger partial charge in [0.2, 0.25) is 10.0 Å². The van der Waals surface area contributed by atoms with Crippen molar-refractivity contribution in [1.29, 1.82) is 0 Å². The van der Waals surface area contributed by atoms with E-state index >= 15 is 0 Å². The predicted octanol–water partition coefficient (Wildman–Crippen LogP) is 2.38. The molecule has 0 saturated heterocycles. The molecule has 19 heavy (non-hydrogen) atoms. The molecule has 0 unspecified atom stereocenters. The molecule has 0 saturated carbocycles. The number of nitrogens with one attached hydrogen (secondary N) is 2. The Kier molecular flexibility index (Phi) is 6.87. The van der Waals surface area contributed by atoms with Gasteiger partial charge in [-0.15, -0.1) is 0 Å². The van der Waals surface area contributed by atoms with Gasteiger partial charge in [0.25, 0.3) is 0 Å². The third-order valence-corrected chi connectivity index (χ3v) is 4.23. The van der Waals surface area contributed by atoms with Crippen molar-refractivity contribution >= 4 is 15.7 Å². The van der Waals surface area contributed by atoms with Gasteiger partial charge < -0.3 is 5.32 Å². The summed E-state index contributed by atoms with van der Waals surface area (Å²) in [5.74, 6) is 0.172. The van der Waals surface area contributed by atoms with Gasteiger partial charge >= 0.3 is 0 Å². The molecule has 1 aromatic rings. The maximum atomic E-state index is 11.8. The maximum Gasteiger partial charge on any atom is 0.232 e. The lowest BCUT2D eigenvalue weighted by molar-refractivity contribution is 0.595. The smallest absolute Gasteiger partial charge is 0.232 e. The molecule has 0 heterocycles. The Morgan fingerprint density at radius 2 is 1.79 bits per heavy atom. The van der Waals surface area contributed by atoms with Crippen LogP contribution in [0.4, 0.5) is 5.69 Å². The highest BCUT2D eigenvalue weighted by molar-refractivity contribution is 7.92. The number of hydrogen-bond donors (Lipinski definition) is 2. The van der Waals surface area contributed by atoms with Crippen LogP contribution in [-0.2, 0) is 16.4 Å². The Labute approximate surface area is 116 Å². The summed E-state index contributed by atoms with van der Waals surface area (Å²) in [5.41, 5.74) is 1.88. The number of benzene rings is 1. The van der Waals surface area contributed by atoms with Crippen molar-refractivity contribution in [3.63, 3.8) is 0 Å². The van der Waals surface area contributed by atoms with Gasteiger partial charge in [-0.25, -0.2) is 8.42 Å². The zero-order chi connectivity index (χ0) is 14.1. The van der Waals surface area contributed by atoms with Crippen LogP contribution in [0.3, 0.4) is 0 Å². The molecule has 5 heteroatoms. The van der Waals surface area contributed by atoms with Gasteiger partial charge in [0, 0.05) is 5.69 Å². The van der Waals surface area contributed by atoms with Gasteiger partial charge in [-0.3, -0.25) is 4.72 Å². The van der Waals surface area contributed by atoms with E-state index in [-0.39, 0.29) is 5.75 Å². The number of hydrogen-bond acceptors (Lipinski definition) is 3. The van der Waals surface area contributed by atoms with Gasteiger partial charge in [-0.1, -0.05) is 25.5 Å². The SMILES string of the molecule is CCCc1ccc(NS(=O)(=O)CCCCNC)cc1. The van der Waals surface area contributed by atoms with E-state index in [0.29, 0.717) is 12.1 Å². The Morgan fingerprint density at radius 1 is 1.11 bits per heavy atom. The van der Waals surface area contributed by atoms with Crippen molar-refractivity contribution in [3.8, 4) is 0 Å². The van der Waals surface area contributed by atoms with Crippen molar-refractivity contribution in [2.24, 2.45) is 0 Å². The Morgan fingerprint density at radius 3 is 2.37 bits per heavy atom. The predicted molar refractivity (Wildman–Crippen MR) is 81.0 cm³/mol. The largest absolute Gasteiger partial charge is 0.320 e. The van der Waals surface area contributed by atoms with Crippen molar-refractivity contribution in [2.75, 3.05) is 24.1 Å². The summed E-state index contributed by atoms with van der Waals surface area (Å²) in [7, 11) is -1.35. The van der Waals surface area contributed by atoms with Gasteiger partial charge in [-0.2, -0.15) is 0 Å². The van der Waals surface area contributed by atoms with E-state index in [0.717, 1.165) is 25.8 Å². The van der Waals surface area contributed by atoms with Crippen LogP contribution in [0.5, 0.6) is 0 Å². The van der Waals surface area contributed by atoms with E-state index in [2.05, 4.69) is 17.0 Å². The van der Waals surface area contributed by atoms with Crippen LogP contribution in [0, 0.1) is 0 Å². The quantitative estimate of drug-likeness (QED) is 0.685. The molecule has 0 fully saturated rings. The first kappa shape index (κ1) is 16.0. The van der Waals surface area contributed by atoms with Crippen LogP contribution in [0.15, 0.2) is 24.3 Å². The lowest BCUT2D eigenvalue weighted by Crippen LogP contribution is -2.18. The second-order valence-electron chi connectivity index (χ2n) is 4.68. The molecular weight excluding hydrogens is 260 g/mol. The van der Waals surface area contributed by atoms with E-state index in [1.54, 1.807) is 0 Å². The second kappa shape index (κ2) is 8.17. The second-order valence-corrected chi connectivity index (χ2v) is 6.52. The molecule has 108 valence electrons. The summed E-state index contributed by atoms with van der Waals surface area (Å²) in [6.45, 7) is 2.98. The molecule has 0 aliphatic carbocycles. The molecule has 0 radical (unpaired) electrons. The van der Waals surface area contributed by atoms with Gasteiger partial charge in [-0.05, 0) is 50.6 Å². The highest BCUT2D eigenvalue weighted by atomic mass is 32.2. The fraction of sp³-hybridized carbons (Fsp3) is 0.571. The number of rotatable bonds is 9. The minimum atomic E-state index is -3.22. The summed E-state index contributed by atoms with van der Waals surface area (Å²) in [6.07, 6.45) is 3.66. The van der Waals surface area contributed by atoms with Gasteiger partial charge in [0.1, 0.15) is 0 Å². The first-order valence-corrected chi connectivity index (χ1v) is 8.46. The van der Waals surface area contributed by atoms with Crippen LogP contribution in [0.25, 0.3) is 0 Å². The molecule has 0 aliphatic rings. The summed E-state index contributed by atoms with van der Waals surface area (Å²) in [4.78, 5) is 0. The molecule has 0 aromatic heterocycles. The summed E-state index contributed by atoms with van der Waals surface area (Å²) in [6, 6.07) is 7.61. The normalized spacial score (nSPS) is 11.5. The third-order valence-electron chi connectivity index (χ3n) is 2.86. The number of unbranched alkanes of at least 4 members (excludes halogenated alkanes) is 1. The molecule has 0 spiro atoms. The fourth-order valence-corrected chi connectivity index (χ4v) is 3.03. The highest BCUT2D eigenvalue weighted by Crippen LogP contribution is 2.13. The minimum absolute atomic E-state index is 0.172. The van der Waals surface area contributed by atoms with E-state index in [1.807, 2.05) is 31.3 Å². The number of sulfonamides is 1. The van der Waals surface area contributed by atoms with Crippen molar-refractivity contribution in [1.82, 2.24) is 5.32 Å². The van der Waals surface area contributed by atoms with E-state index in [9.17, 15) is 8.42 Å². The highest BCUT2D eigenvalue weighted by Gasteiger charge is 2.09. The molecule has 0 aliphatic heterocycles. The first-order valence-electron chi connectivity index (χ1n) is 6.81. The zero-order valence-corrected chi connectivity index (χ0v) is 12.6. The molecule has 1 aromatic carbocycles. The fourth-order valence-electron chi connectivity index (χ4n) is 1.85. The molecule has 0 bridgehead atoms.